The van der Waals surface area contributed by atoms with E-state index in [2.05, 4.69) is 5.10 Å². The summed E-state index contributed by atoms with van der Waals surface area (Å²) in [7, 11) is 3.28. The number of amides is 2. The molecule has 4 N–H and O–H groups in total. The van der Waals surface area contributed by atoms with Gasteiger partial charge in [-0.25, -0.2) is 4.68 Å². The fourth-order valence-corrected chi connectivity index (χ4v) is 1.77. The number of aromatic nitrogens is 2. The summed E-state index contributed by atoms with van der Waals surface area (Å²) in [6.07, 6.45) is 1.60. The van der Waals surface area contributed by atoms with E-state index in [-0.39, 0.29) is 17.2 Å². The summed E-state index contributed by atoms with van der Waals surface area (Å²) in [5, 5.41) is 4.16. The molecule has 1 aromatic heterocycles. The van der Waals surface area contributed by atoms with Gasteiger partial charge in [-0.05, 0) is 18.2 Å². The first-order valence-corrected chi connectivity index (χ1v) is 5.88. The van der Waals surface area contributed by atoms with E-state index in [1.165, 1.54) is 15.6 Å². The minimum Gasteiger partial charge on any atom is -0.396 e. The highest BCUT2D eigenvalue weighted by molar-refractivity contribution is 5.99. The molecular formula is C13H15N5O2. The number of nitrogen functional groups attached to an aromatic ring is 1. The number of primary amides is 1. The Kier molecular flexibility index (Phi) is 3.43. The molecule has 7 nitrogen and oxygen atoms in total. The maximum atomic E-state index is 11.8. The van der Waals surface area contributed by atoms with Crippen LogP contribution in [0.15, 0.2) is 30.5 Å². The van der Waals surface area contributed by atoms with Crippen molar-refractivity contribution in [3.63, 3.8) is 0 Å². The Bertz CT molecular complexity index is 675. The lowest BCUT2D eigenvalue weighted by molar-refractivity contribution is 0.0821. The first kappa shape index (κ1) is 13.6. The van der Waals surface area contributed by atoms with Crippen LogP contribution in [0, 0.1) is 0 Å². The monoisotopic (exact) mass is 273 g/mol. The molecule has 0 radical (unpaired) electrons. The number of hydrogen-bond donors (Lipinski definition) is 2. The van der Waals surface area contributed by atoms with Crippen LogP contribution in [-0.4, -0.2) is 40.6 Å². The Hall–Kier alpha value is -2.83. The summed E-state index contributed by atoms with van der Waals surface area (Å²) < 4.78 is 1.44. The molecule has 7 heteroatoms. The van der Waals surface area contributed by atoms with Gasteiger partial charge in [0, 0.05) is 20.3 Å². The number of para-hydroxylation sites is 1. The predicted octanol–water partition coefficient (Wildman–Crippen LogP) is 0.255. The summed E-state index contributed by atoms with van der Waals surface area (Å²) in [6, 6.07) is 6.47. The lowest BCUT2D eigenvalue weighted by Gasteiger charge is -2.09. The molecule has 0 aliphatic carbocycles. The third-order valence-electron chi connectivity index (χ3n) is 2.81. The van der Waals surface area contributed by atoms with Gasteiger partial charge in [0.2, 0.25) is 0 Å². The molecule has 0 bridgehead atoms. The first-order chi connectivity index (χ1) is 9.41. The van der Waals surface area contributed by atoms with Crippen molar-refractivity contribution in [2.45, 2.75) is 0 Å². The summed E-state index contributed by atoms with van der Waals surface area (Å²) in [4.78, 5) is 24.5. The van der Waals surface area contributed by atoms with E-state index < -0.39 is 5.91 Å². The highest BCUT2D eigenvalue weighted by Gasteiger charge is 2.15. The van der Waals surface area contributed by atoms with Crippen LogP contribution in [0.2, 0.25) is 0 Å². The molecule has 1 aromatic carbocycles. The number of carbonyl (C=O) groups excluding carboxylic acids is 2. The smallest absolute Gasteiger partial charge is 0.273 e. The van der Waals surface area contributed by atoms with Crippen LogP contribution in [0.3, 0.4) is 0 Å². The summed E-state index contributed by atoms with van der Waals surface area (Å²) >= 11 is 0. The van der Waals surface area contributed by atoms with Gasteiger partial charge in [-0.1, -0.05) is 6.07 Å². The van der Waals surface area contributed by atoms with Crippen molar-refractivity contribution in [2.75, 3.05) is 19.8 Å². The van der Waals surface area contributed by atoms with E-state index in [9.17, 15) is 9.59 Å². The van der Waals surface area contributed by atoms with Crippen molar-refractivity contribution < 1.29 is 9.59 Å². The normalized spacial score (nSPS) is 10.3. The molecule has 0 unspecified atom stereocenters. The number of rotatable bonds is 3. The van der Waals surface area contributed by atoms with Crippen molar-refractivity contribution >= 4 is 17.5 Å². The lowest BCUT2D eigenvalue weighted by Crippen LogP contribution is -2.22. The van der Waals surface area contributed by atoms with Gasteiger partial charge in [0.05, 0.1) is 16.9 Å². The summed E-state index contributed by atoms with van der Waals surface area (Å²) in [5.74, 6) is -0.825. The van der Waals surface area contributed by atoms with Crippen LogP contribution in [0.1, 0.15) is 20.8 Å². The van der Waals surface area contributed by atoms with E-state index >= 15 is 0 Å². The first-order valence-electron chi connectivity index (χ1n) is 5.88. The highest BCUT2D eigenvalue weighted by atomic mass is 16.2. The van der Waals surface area contributed by atoms with Crippen LogP contribution in [0.5, 0.6) is 0 Å². The van der Waals surface area contributed by atoms with Crippen LogP contribution in [0.4, 0.5) is 5.69 Å². The van der Waals surface area contributed by atoms with Crippen molar-refractivity contribution in [1.82, 2.24) is 14.7 Å². The van der Waals surface area contributed by atoms with Gasteiger partial charge in [-0.15, -0.1) is 0 Å². The number of benzene rings is 1. The van der Waals surface area contributed by atoms with E-state index in [0.29, 0.717) is 11.4 Å². The molecule has 20 heavy (non-hydrogen) atoms. The Balaban J connectivity index is 2.46. The van der Waals surface area contributed by atoms with Gasteiger partial charge in [-0.2, -0.15) is 5.10 Å². The molecule has 0 saturated heterocycles. The van der Waals surface area contributed by atoms with Gasteiger partial charge >= 0.3 is 0 Å². The number of carbonyl (C=O) groups is 2. The zero-order valence-electron chi connectivity index (χ0n) is 11.2. The maximum Gasteiger partial charge on any atom is 0.273 e. The molecule has 2 amide bonds. The third-order valence-corrected chi connectivity index (χ3v) is 2.81. The van der Waals surface area contributed by atoms with Crippen molar-refractivity contribution in [1.29, 1.82) is 0 Å². The number of nitrogens with two attached hydrogens (primary N) is 2. The van der Waals surface area contributed by atoms with Gasteiger partial charge in [-0.3, -0.25) is 9.59 Å². The SMILES string of the molecule is CN(C)C(=O)c1ccn(-c2cccc(C(N)=O)c2N)n1. The van der Waals surface area contributed by atoms with Gasteiger partial charge in [0.15, 0.2) is 5.69 Å². The second-order valence-electron chi connectivity index (χ2n) is 4.45. The lowest BCUT2D eigenvalue weighted by atomic mass is 10.1. The predicted molar refractivity (Wildman–Crippen MR) is 74.5 cm³/mol. The molecular weight excluding hydrogens is 258 g/mol. The van der Waals surface area contributed by atoms with E-state index in [1.54, 1.807) is 38.5 Å². The maximum absolute atomic E-state index is 11.8. The minimum atomic E-state index is -0.610. The Labute approximate surface area is 115 Å². The standard InChI is InChI=1S/C13H15N5O2/c1-17(2)13(20)9-6-7-18(16-9)10-5-3-4-8(11(10)14)12(15)19/h3-7H,14H2,1-2H3,(H2,15,19). The van der Waals surface area contributed by atoms with Crippen molar-refractivity contribution in [3.05, 3.63) is 41.7 Å². The van der Waals surface area contributed by atoms with E-state index in [4.69, 9.17) is 11.5 Å². The zero-order valence-corrected chi connectivity index (χ0v) is 11.2. The number of hydrogen-bond acceptors (Lipinski definition) is 4. The van der Waals surface area contributed by atoms with Gasteiger partial charge in [0.1, 0.15) is 0 Å². The van der Waals surface area contributed by atoms with Gasteiger partial charge < -0.3 is 16.4 Å². The fourth-order valence-electron chi connectivity index (χ4n) is 1.77. The van der Waals surface area contributed by atoms with Crippen LogP contribution in [-0.2, 0) is 0 Å². The zero-order chi connectivity index (χ0) is 14.9. The quantitative estimate of drug-likeness (QED) is 0.782. The molecule has 1 heterocycles. The van der Waals surface area contributed by atoms with Crippen molar-refractivity contribution in [2.24, 2.45) is 5.73 Å². The second-order valence-corrected chi connectivity index (χ2v) is 4.45. The Morgan fingerprint density at radius 2 is 1.95 bits per heavy atom. The van der Waals surface area contributed by atoms with Crippen LogP contribution < -0.4 is 11.5 Å². The molecule has 104 valence electrons. The Morgan fingerprint density at radius 3 is 2.55 bits per heavy atom. The molecule has 0 aliphatic rings. The van der Waals surface area contributed by atoms with E-state index in [0.717, 1.165) is 0 Å². The van der Waals surface area contributed by atoms with Crippen molar-refractivity contribution in [3.8, 4) is 5.69 Å². The minimum absolute atomic E-state index is 0.214. The molecule has 0 fully saturated rings. The molecule has 0 saturated carbocycles. The molecule has 0 aliphatic heterocycles. The molecule has 2 rings (SSSR count). The average Bonchev–Trinajstić information content (AvgIpc) is 2.86. The topological polar surface area (TPSA) is 107 Å². The highest BCUT2D eigenvalue weighted by Crippen LogP contribution is 2.21. The summed E-state index contributed by atoms with van der Waals surface area (Å²) in [6.45, 7) is 0. The fraction of sp³-hybridized carbons (Fsp3) is 0.154. The second kappa shape index (κ2) is 5.04. The number of anilines is 1. The molecule has 2 aromatic rings. The molecule has 0 atom stereocenters. The van der Waals surface area contributed by atoms with E-state index in [1.807, 2.05) is 0 Å². The third kappa shape index (κ3) is 2.33. The van der Waals surface area contributed by atoms with Crippen LogP contribution >= 0.6 is 0 Å². The Morgan fingerprint density at radius 1 is 1.25 bits per heavy atom. The summed E-state index contributed by atoms with van der Waals surface area (Å²) in [5.41, 5.74) is 12.4. The average molecular weight is 273 g/mol. The van der Waals surface area contributed by atoms with Crippen LogP contribution in [0.25, 0.3) is 5.69 Å². The number of nitrogens with zero attached hydrogens (tertiary/aromatic N) is 3. The largest absolute Gasteiger partial charge is 0.396 e. The van der Waals surface area contributed by atoms with Gasteiger partial charge in [0.25, 0.3) is 11.8 Å². The molecule has 0 spiro atoms.